The average molecular weight is 461 g/mol. The van der Waals surface area contributed by atoms with Crippen LogP contribution in [0.5, 0.6) is 5.75 Å². The molecular formula is C21H17FN2O5S2. The van der Waals surface area contributed by atoms with Crippen molar-refractivity contribution in [2.24, 2.45) is 0 Å². The summed E-state index contributed by atoms with van der Waals surface area (Å²) in [5.41, 5.74) is 1.90. The molecule has 3 aromatic rings. The van der Waals surface area contributed by atoms with Gasteiger partial charge in [-0.1, -0.05) is 6.07 Å². The predicted octanol–water partition coefficient (Wildman–Crippen LogP) is 3.68. The second-order valence-electron chi connectivity index (χ2n) is 6.57. The first-order chi connectivity index (χ1) is 14.7. The third kappa shape index (κ3) is 5.46. The molecule has 10 heteroatoms. The van der Waals surface area contributed by atoms with Crippen LogP contribution in [-0.4, -0.2) is 26.1 Å². The van der Waals surface area contributed by atoms with Gasteiger partial charge in [0.2, 0.25) is 0 Å². The number of aryl methyl sites for hydroxylation is 1. The highest BCUT2D eigenvalue weighted by Gasteiger charge is 2.18. The number of carboxylic acid groups (broad SMARTS) is 1. The van der Waals surface area contributed by atoms with Crippen molar-refractivity contribution in [3.63, 3.8) is 0 Å². The average Bonchev–Trinajstić information content (AvgIpc) is 3.17. The normalized spacial score (nSPS) is 11.1. The largest absolute Gasteiger partial charge is 0.481 e. The van der Waals surface area contributed by atoms with E-state index in [2.05, 4.69) is 4.72 Å². The smallest absolute Gasteiger partial charge is 0.341 e. The lowest BCUT2D eigenvalue weighted by Crippen LogP contribution is -2.23. The molecule has 0 radical (unpaired) electrons. The Morgan fingerprint density at radius 1 is 1.26 bits per heavy atom. The van der Waals surface area contributed by atoms with E-state index in [1.54, 1.807) is 30.5 Å². The topological polar surface area (TPSA) is 116 Å². The van der Waals surface area contributed by atoms with Crippen LogP contribution in [-0.2, 0) is 21.4 Å². The number of carbonyl (C=O) groups is 1. The molecule has 0 bridgehead atoms. The van der Waals surface area contributed by atoms with Crippen molar-refractivity contribution in [3.8, 4) is 22.9 Å². The summed E-state index contributed by atoms with van der Waals surface area (Å²) in [5, 5.41) is 19.7. The van der Waals surface area contributed by atoms with Crippen molar-refractivity contribution >= 4 is 27.3 Å². The maximum absolute atomic E-state index is 14.0. The fraction of sp³-hybridized carbons (Fsp3) is 0.143. The third-order valence-corrected chi connectivity index (χ3v) is 7.35. The minimum Gasteiger partial charge on any atom is -0.481 e. The summed E-state index contributed by atoms with van der Waals surface area (Å²) in [6, 6.07) is 11.9. The summed E-state index contributed by atoms with van der Waals surface area (Å²) in [7, 11) is -3.72. The molecule has 31 heavy (non-hydrogen) atoms. The summed E-state index contributed by atoms with van der Waals surface area (Å²) < 4.78 is 47.1. The Labute approximate surface area is 182 Å². The van der Waals surface area contributed by atoms with Gasteiger partial charge in [0.25, 0.3) is 10.0 Å². The molecule has 0 atom stereocenters. The van der Waals surface area contributed by atoms with Gasteiger partial charge in [-0.05, 0) is 65.4 Å². The first-order valence-electron chi connectivity index (χ1n) is 8.92. The van der Waals surface area contributed by atoms with Gasteiger partial charge in [-0.15, -0.1) is 11.3 Å². The van der Waals surface area contributed by atoms with E-state index in [0.717, 1.165) is 17.4 Å². The van der Waals surface area contributed by atoms with E-state index in [1.165, 1.54) is 18.2 Å². The van der Waals surface area contributed by atoms with Crippen LogP contribution < -0.4 is 9.46 Å². The van der Waals surface area contributed by atoms with E-state index in [0.29, 0.717) is 22.3 Å². The number of nitrogens with one attached hydrogen (secondary N) is 1. The van der Waals surface area contributed by atoms with Crippen LogP contribution in [0.4, 0.5) is 4.39 Å². The summed E-state index contributed by atoms with van der Waals surface area (Å²) in [4.78, 5) is 10.9. The number of benzene rings is 2. The van der Waals surface area contributed by atoms with Crippen LogP contribution in [0.1, 0.15) is 16.7 Å². The van der Waals surface area contributed by atoms with E-state index in [9.17, 15) is 17.6 Å². The highest BCUT2D eigenvalue weighted by atomic mass is 32.2. The Kier molecular flexibility index (Phi) is 6.70. The molecule has 0 aliphatic carbocycles. The monoisotopic (exact) mass is 460 g/mol. The molecule has 0 aliphatic heterocycles. The van der Waals surface area contributed by atoms with Crippen molar-refractivity contribution < 1.29 is 27.4 Å². The van der Waals surface area contributed by atoms with Crippen molar-refractivity contribution in [2.45, 2.75) is 17.7 Å². The summed E-state index contributed by atoms with van der Waals surface area (Å²) >= 11 is 1.11. The first-order valence-corrected chi connectivity index (χ1v) is 11.3. The molecule has 2 aromatic carbocycles. The highest BCUT2D eigenvalue weighted by Crippen LogP contribution is 2.33. The van der Waals surface area contributed by atoms with Crippen molar-refractivity contribution in [2.75, 3.05) is 6.61 Å². The minimum atomic E-state index is -3.72. The molecule has 0 aliphatic rings. The van der Waals surface area contributed by atoms with E-state index in [1.807, 2.05) is 6.07 Å². The fourth-order valence-corrected chi connectivity index (χ4v) is 5.35. The standard InChI is InChI=1S/C21H17FN2O5S2/c1-13-4-5-30-21(13)31(27,28)24-11-14-2-3-19(29-12-20(25)26)18(8-14)16-6-15(10-23)7-17(22)9-16/h2-9,24H,11-12H2,1H3,(H,25,26). The van der Waals surface area contributed by atoms with Gasteiger partial charge in [-0.3, -0.25) is 0 Å². The molecule has 3 rings (SSSR count). The maximum atomic E-state index is 14.0. The third-order valence-electron chi connectivity index (χ3n) is 4.26. The Morgan fingerprint density at radius 3 is 2.68 bits per heavy atom. The molecule has 2 N–H and O–H groups in total. The molecule has 0 amide bonds. The van der Waals surface area contributed by atoms with E-state index < -0.39 is 28.4 Å². The van der Waals surface area contributed by atoms with Gasteiger partial charge >= 0.3 is 5.97 Å². The number of nitrogens with zero attached hydrogens (tertiary/aromatic N) is 1. The number of hydrogen-bond donors (Lipinski definition) is 2. The number of nitriles is 1. The lowest BCUT2D eigenvalue weighted by atomic mass is 10.00. The molecule has 0 spiro atoms. The van der Waals surface area contributed by atoms with E-state index in [-0.39, 0.29) is 22.1 Å². The van der Waals surface area contributed by atoms with Crippen LogP contribution in [0.15, 0.2) is 52.1 Å². The maximum Gasteiger partial charge on any atom is 0.341 e. The first kappa shape index (κ1) is 22.4. The van der Waals surface area contributed by atoms with Gasteiger partial charge in [0, 0.05) is 12.1 Å². The van der Waals surface area contributed by atoms with Gasteiger partial charge in [-0.25, -0.2) is 22.3 Å². The van der Waals surface area contributed by atoms with Gasteiger partial charge in [0.1, 0.15) is 15.8 Å². The number of hydrogen-bond acceptors (Lipinski definition) is 6. The van der Waals surface area contributed by atoms with Gasteiger partial charge in [0.15, 0.2) is 6.61 Å². The number of ether oxygens (including phenoxy) is 1. The number of thiophene rings is 1. The van der Waals surface area contributed by atoms with Crippen LogP contribution >= 0.6 is 11.3 Å². The second kappa shape index (κ2) is 9.26. The quantitative estimate of drug-likeness (QED) is 0.530. The Hall–Kier alpha value is -3.26. The Morgan fingerprint density at radius 2 is 2.03 bits per heavy atom. The van der Waals surface area contributed by atoms with Crippen LogP contribution in [0.2, 0.25) is 0 Å². The second-order valence-corrected chi connectivity index (χ2v) is 9.45. The lowest BCUT2D eigenvalue weighted by Gasteiger charge is -2.14. The molecule has 0 fully saturated rings. The molecule has 1 aromatic heterocycles. The highest BCUT2D eigenvalue weighted by molar-refractivity contribution is 7.91. The van der Waals surface area contributed by atoms with Crippen LogP contribution in [0.25, 0.3) is 11.1 Å². The number of rotatable bonds is 8. The Bertz CT molecular complexity index is 1280. The zero-order valence-corrected chi connectivity index (χ0v) is 17.9. The molecule has 7 nitrogen and oxygen atoms in total. The minimum absolute atomic E-state index is 0.0493. The van der Waals surface area contributed by atoms with Crippen molar-refractivity contribution in [3.05, 3.63) is 70.4 Å². The number of sulfonamides is 1. The van der Waals surface area contributed by atoms with Crippen LogP contribution in [0.3, 0.4) is 0 Å². The van der Waals surface area contributed by atoms with E-state index in [4.69, 9.17) is 15.1 Å². The predicted molar refractivity (Wildman–Crippen MR) is 113 cm³/mol. The molecule has 0 saturated heterocycles. The zero-order valence-electron chi connectivity index (χ0n) is 16.3. The van der Waals surface area contributed by atoms with Gasteiger partial charge in [0.05, 0.1) is 11.6 Å². The fourth-order valence-electron chi connectivity index (χ4n) is 2.87. The number of halogens is 1. The molecule has 0 saturated carbocycles. The molecule has 0 unspecified atom stereocenters. The summed E-state index contributed by atoms with van der Waals surface area (Å²) in [5.74, 6) is -1.67. The SMILES string of the molecule is Cc1ccsc1S(=O)(=O)NCc1ccc(OCC(=O)O)c(-c2cc(F)cc(C#N)c2)c1. The van der Waals surface area contributed by atoms with Gasteiger partial charge < -0.3 is 9.84 Å². The lowest BCUT2D eigenvalue weighted by molar-refractivity contribution is -0.139. The zero-order chi connectivity index (χ0) is 22.6. The van der Waals surface area contributed by atoms with Crippen molar-refractivity contribution in [1.82, 2.24) is 4.72 Å². The molecule has 1 heterocycles. The number of carboxylic acids is 1. The van der Waals surface area contributed by atoms with Gasteiger partial charge in [-0.2, -0.15) is 5.26 Å². The van der Waals surface area contributed by atoms with Crippen LogP contribution in [0, 0.1) is 24.1 Å². The number of aliphatic carboxylic acids is 1. The molecule has 160 valence electrons. The van der Waals surface area contributed by atoms with E-state index >= 15 is 0 Å². The Balaban J connectivity index is 1.96. The molecular weight excluding hydrogens is 443 g/mol. The van der Waals surface area contributed by atoms with Crippen molar-refractivity contribution in [1.29, 1.82) is 5.26 Å². The summed E-state index contributed by atoms with van der Waals surface area (Å²) in [6.07, 6.45) is 0. The summed E-state index contributed by atoms with van der Waals surface area (Å²) in [6.45, 7) is 1.04.